The van der Waals surface area contributed by atoms with E-state index in [4.69, 9.17) is 11.6 Å². The lowest BCUT2D eigenvalue weighted by molar-refractivity contribution is 0.544. The highest BCUT2D eigenvalue weighted by Gasteiger charge is 2.02. The second kappa shape index (κ2) is 8.30. The molecule has 3 nitrogen and oxygen atoms in total. The molecule has 0 aliphatic carbocycles. The van der Waals surface area contributed by atoms with Crippen LogP contribution in [0.1, 0.15) is 52.3 Å². The summed E-state index contributed by atoms with van der Waals surface area (Å²) in [6.07, 6.45) is 5.62. The molecule has 0 atom stereocenters. The van der Waals surface area contributed by atoms with Gasteiger partial charge < -0.3 is 5.32 Å². The zero-order valence-electron chi connectivity index (χ0n) is 11.7. The number of nitrogens with zero attached hydrogens (tertiary/aromatic N) is 2. The molecule has 0 fully saturated rings. The molecule has 0 aliphatic heterocycles. The lowest BCUT2D eigenvalue weighted by Crippen LogP contribution is -2.06. The van der Waals surface area contributed by atoms with E-state index in [9.17, 15) is 0 Å². The third-order valence-electron chi connectivity index (χ3n) is 2.73. The first-order chi connectivity index (χ1) is 8.61. The van der Waals surface area contributed by atoms with Crippen molar-refractivity contribution in [3.05, 3.63) is 17.0 Å². The zero-order chi connectivity index (χ0) is 13.4. The number of hydrogen-bond donors (Lipinski definition) is 1. The van der Waals surface area contributed by atoms with Crippen LogP contribution in [0.3, 0.4) is 0 Å². The summed E-state index contributed by atoms with van der Waals surface area (Å²) in [7, 11) is 0. The Morgan fingerprint density at radius 2 is 2.06 bits per heavy atom. The quantitative estimate of drug-likeness (QED) is 0.564. The fraction of sp³-hybridized carbons (Fsp3) is 0.714. The molecule has 0 aromatic carbocycles. The maximum atomic E-state index is 5.98. The molecule has 18 heavy (non-hydrogen) atoms. The van der Waals surface area contributed by atoms with Gasteiger partial charge in [-0.3, -0.25) is 0 Å². The van der Waals surface area contributed by atoms with Crippen molar-refractivity contribution in [1.29, 1.82) is 0 Å². The van der Waals surface area contributed by atoms with Gasteiger partial charge in [0.2, 0.25) is 0 Å². The monoisotopic (exact) mass is 269 g/mol. The highest BCUT2D eigenvalue weighted by Crippen LogP contribution is 2.13. The van der Waals surface area contributed by atoms with Gasteiger partial charge in [0.15, 0.2) is 0 Å². The number of aryl methyl sites for hydroxylation is 1. The van der Waals surface area contributed by atoms with Crippen molar-refractivity contribution >= 4 is 17.4 Å². The van der Waals surface area contributed by atoms with Gasteiger partial charge in [0.1, 0.15) is 16.8 Å². The summed E-state index contributed by atoms with van der Waals surface area (Å²) in [4.78, 5) is 8.65. The summed E-state index contributed by atoms with van der Waals surface area (Å²) in [5, 5.41) is 3.85. The summed E-state index contributed by atoms with van der Waals surface area (Å²) >= 11 is 5.98. The number of hydrogen-bond acceptors (Lipinski definition) is 3. The summed E-state index contributed by atoms with van der Waals surface area (Å²) in [6, 6.07) is 1.79. The van der Waals surface area contributed by atoms with Gasteiger partial charge >= 0.3 is 0 Å². The van der Waals surface area contributed by atoms with Gasteiger partial charge in [-0.2, -0.15) is 0 Å². The predicted octanol–water partition coefficient (Wildman–Crippen LogP) is 4.32. The van der Waals surface area contributed by atoms with Crippen molar-refractivity contribution < 1.29 is 0 Å². The molecule has 0 unspecified atom stereocenters. The van der Waals surface area contributed by atoms with Crippen molar-refractivity contribution in [2.24, 2.45) is 5.92 Å². The van der Waals surface area contributed by atoms with Crippen LogP contribution in [0.15, 0.2) is 6.07 Å². The molecule has 0 saturated carbocycles. The van der Waals surface area contributed by atoms with E-state index in [1.807, 2.05) is 0 Å². The van der Waals surface area contributed by atoms with Crippen LogP contribution in [0.2, 0.25) is 5.15 Å². The van der Waals surface area contributed by atoms with Gasteiger partial charge in [0.25, 0.3) is 0 Å². The Morgan fingerprint density at radius 1 is 1.28 bits per heavy atom. The molecule has 1 aromatic rings. The Hall–Kier alpha value is -0.830. The van der Waals surface area contributed by atoms with Crippen LogP contribution in [-0.2, 0) is 6.42 Å². The second-order valence-electron chi connectivity index (χ2n) is 5.06. The molecule has 1 N–H and O–H groups in total. The molecule has 0 bridgehead atoms. The van der Waals surface area contributed by atoms with Gasteiger partial charge in [0, 0.05) is 19.0 Å². The van der Waals surface area contributed by atoms with Crippen LogP contribution < -0.4 is 5.32 Å². The minimum Gasteiger partial charge on any atom is -0.370 e. The topological polar surface area (TPSA) is 37.8 Å². The fourth-order valence-electron chi connectivity index (χ4n) is 1.78. The molecular weight excluding hydrogens is 246 g/mol. The van der Waals surface area contributed by atoms with Crippen molar-refractivity contribution in [2.45, 2.75) is 52.9 Å². The van der Waals surface area contributed by atoms with E-state index in [1.165, 1.54) is 19.3 Å². The van der Waals surface area contributed by atoms with Crippen LogP contribution in [0.25, 0.3) is 0 Å². The van der Waals surface area contributed by atoms with E-state index >= 15 is 0 Å². The van der Waals surface area contributed by atoms with E-state index in [-0.39, 0.29) is 0 Å². The number of rotatable bonds is 8. The molecule has 0 saturated heterocycles. The summed E-state index contributed by atoms with van der Waals surface area (Å²) in [6.45, 7) is 7.58. The molecule has 0 aliphatic rings. The Morgan fingerprint density at radius 3 is 2.72 bits per heavy atom. The van der Waals surface area contributed by atoms with Crippen molar-refractivity contribution in [1.82, 2.24) is 9.97 Å². The summed E-state index contributed by atoms with van der Waals surface area (Å²) in [5.74, 6) is 2.47. The van der Waals surface area contributed by atoms with Crippen molar-refractivity contribution in [3.63, 3.8) is 0 Å². The van der Waals surface area contributed by atoms with Crippen molar-refractivity contribution in [3.8, 4) is 0 Å². The SMILES string of the molecule is CCCc1nc(Cl)cc(NCCCCC(C)C)n1. The van der Waals surface area contributed by atoms with Crippen LogP contribution >= 0.6 is 11.6 Å². The number of aromatic nitrogens is 2. The standard InChI is InChI=1S/C14H24ClN3/c1-4-7-13-17-12(15)10-14(18-13)16-9-6-5-8-11(2)3/h10-11H,4-9H2,1-3H3,(H,16,17,18). The van der Waals surface area contributed by atoms with Crippen LogP contribution in [0, 0.1) is 5.92 Å². The van der Waals surface area contributed by atoms with E-state index in [2.05, 4.69) is 36.1 Å². The molecular formula is C14H24ClN3. The normalized spacial score (nSPS) is 10.9. The Labute approximate surface area is 115 Å². The molecule has 0 spiro atoms. The third-order valence-corrected chi connectivity index (χ3v) is 2.92. The number of halogens is 1. The van der Waals surface area contributed by atoms with Crippen molar-refractivity contribution in [2.75, 3.05) is 11.9 Å². The minimum atomic E-state index is 0.526. The maximum absolute atomic E-state index is 5.98. The predicted molar refractivity (Wildman–Crippen MR) is 78.2 cm³/mol. The first kappa shape index (κ1) is 15.2. The Balaban J connectivity index is 2.37. The first-order valence-corrected chi connectivity index (χ1v) is 7.27. The van der Waals surface area contributed by atoms with Gasteiger partial charge in [-0.15, -0.1) is 0 Å². The molecule has 102 valence electrons. The van der Waals surface area contributed by atoms with E-state index in [0.717, 1.165) is 36.9 Å². The Kier molecular flexibility index (Phi) is 7.02. The summed E-state index contributed by atoms with van der Waals surface area (Å²) in [5.41, 5.74) is 0. The van der Waals surface area contributed by atoms with Gasteiger partial charge in [-0.25, -0.2) is 9.97 Å². The lowest BCUT2D eigenvalue weighted by Gasteiger charge is -2.08. The maximum Gasteiger partial charge on any atom is 0.134 e. The lowest BCUT2D eigenvalue weighted by atomic mass is 10.1. The average Bonchev–Trinajstić information content (AvgIpc) is 2.28. The average molecular weight is 270 g/mol. The molecule has 0 amide bonds. The number of unbranched alkanes of at least 4 members (excludes halogenated alkanes) is 1. The molecule has 1 aromatic heterocycles. The van der Waals surface area contributed by atoms with Gasteiger partial charge in [-0.1, -0.05) is 45.2 Å². The van der Waals surface area contributed by atoms with E-state index in [1.54, 1.807) is 6.07 Å². The highest BCUT2D eigenvalue weighted by atomic mass is 35.5. The van der Waals surface area contributed by atoms with E-state index < -0.39 is 0 Å². The largest absolute Gasteiger partial charge is 0.370 e. The Bertz CT molecular complexity index is 353. The van der Waals surface area contributed by atoms with Crippen LogP contribution in [0.5, 0.6) is 0 Å². The van der Waals surface area contributed by atoms with Crippen LogP contribution in [-0.4, -0.2) is 16.5 Å². The molecule has 4 heteroatoms. The zero-order valence-corrected chi connectivity index (χ0v) is 12.4. The van der Waals surface area contributed by atoms with Gasteiger partial charge in [-0.05, 0) is 18.8 Å². The van der Waals surface area contributed by atoms with Crippen LogP contribution in [0.4, 0.5) is 5.82 Å². The first-order valence-electron chi connectivity index (χ1n) is 6.89. The highest BCUT2D eigenvalue weighted by molar-refractivity contribution is 6.29. The van der Waals surface area contributed by atoms with Gasteiger partial charge in [0.05, 0.1) is 0 Å². The molecule has 1 rings (SSSR count). The second-order valence-corrected chi connectivity index (χ2v) is 5.45. The number of anilines is 1. The minimum absolute atomic E-state index is 0.526. The molecule has 1 heterocycles. The molecule has 0 radical (unpaired) electrons. The third kappa shape index (κ3) is 6.20. The van der Waals surface area contributed by atoms with E-state index in [0.29, 0.717) is 5.15 Å². The number of nitrogens with one attached hydrogen (secondary N) is 1. The smallest absolute Gasteiger partial charge is 0.134 e. The summed E-state index contributed by atoms with van der Waals surface area (Å²) < 4.78 is 0. The fourth-order valence-corrected chi connectivity index (χ4v) is 1.99.